The van der Waals surface area contributed by atoms with E-state index in [1.54, 1.807) is 0 Å². The first-order chi connectivity index (χ1) is 12.4. The summed E-state index contributed by atoms with van der Waals surface area (Å²) in [5.41, 5.74) is 1.07. The lowest BCUT2D eigenvalue weighted by Gasteiger charge is -2.34. The van der Waals surface area contributed by atoms with E-state index in [1.165, 1.54) is 0 Å². The third-order valence-corrected chi connectivity index (χ3v) is 7.54. The van der Waals surface area contributed by atoms with Gasteiger partial charge in [0.15, 0.2) is 9.84 Å². The van der Waals surface area contributed by atoms with Crippen molar-refractivity contribution >= 4 is 27.3 Å². The van der Waals surface area contributed by atoms with E-state index in [1.807, 2.05) is 36.1 Å². The normalized spacial score (nSPS) is 23.8. The molecule has 2 fully saturated rings. The van der Waals surface area contributed by atoms with Crippen LogP contribution in [0.25, 0.3) is 0 Å². The van der Waals surface area contributed by atoms with Gasteiger partial charge < -0.3 is 10.2 Å². The van der Waals surface area contributed by atoms with Gasteiger partial charge in [0.05, 0.1) is 18.1 Å². The number of hydrogen-bond donors (Lipinski definition) is 1. The van der Waals surface area contributed by atoms with Crippen LogP contribution in [0.15, 0.2) is 24.3 Å². The number of halogens is 1. The Morgan fingerprint density at radius 1 is 1.19 bits per heavy atom. The second-order valence-corrected chi connectivity index (χ2v) is 10.1. The summed E-state index contributed by atoms with van der Waals surface area (Å²) in [5.74, 6) is 0.324. The van der Waals surface area contributed by atoms with Crippen molar-refractivity contribution in [3.8, 4) is 0 Å². The molecule has 1 saturated heterocycles. The van der Waals surface area contributed by atoms with Crippen molar-refractivity contribution in [2.24, 2.45) is 0 Å². The molecular weight excluding hydrogens is 372 g/mol. The molecule has 1 aliphatic heterocycles. The molecule has 2 aliphatic rings. The van der Waals surface area contributed by atoms with E-state index in [4.69, 9.17) is 11.6 Å². The van der Waals surface area contributed by atoms with E-state index < -0.39 is 9.84 Å². The molecule has 0 aromatic heterocycles. The fraction of sp³-hybridized carbons (Fsp3) is 0.632. The minimum atomic E-state index is -3.01. The number of benzene rings is 1. The predicted molar refractivity (Wildman–Crippen MR) is 104 cm³/mol. The van der Waals surface area contributed by atoms with Crippen LogP contribution in [-0.2, 0) is 14.6 Å². The second-order valence-electron chi connectivity index (χ2n) is 7.45. The van der Waals surface area contributed by atoms with Crippen LogP contribution in [0.3, 0.4) is 0 Å². The van der Waals surface area contributed by atoms with E-state index in [9.17, 15) is 13.2 Å². The minimum absolute atomic E-state index is 0.0137. The number of carbonyl (C=O) groups is 1. The first-order valence-corrected chi connectivity index (χ1v) is 11.6. The maximum Gasteiger partial charge on any atom is 0.237 e. The van der Waals surface area contributed by atoms with Crippen LogP contribution < -0.4 is 5.32 Å². The van der Waals surface area contributed by atoms with Crippen molar-refractivity contribution in [2.75, 3.05) is 18.1 Å². The van der Waals surface area contributed by atoms with Gasteiger partial charge in [0.2, 0.25) is 5.91 Å². The molecule has 144 valence electrons. The summed E-state index contributed by atoms with van der Waals surface area (Å²) < 4.78 is 23.8. The van der Waals surface area contributed by atoms with Crippen molar-refractivity contribution in [3.63, 3.8) is 0 Å². The monoisotopic (exact) mass is 398 g/mol. The highest BCUT2D eigenvalue weighted by atomic mass is 35.5. The molecular formula is C19H27ClN2O3S. The van der Waals surface area contributed by atoms with Crippen LogP contribution in [0.2, 0.25) is 5.02 Å². The summed E-state index contributed by atoms with van der Waals surface area (Å²) in [6, 6.07) is 7.62. The summed E-state index contributed by atoms with van der Waals surface area (Å²) in [5, 5.41) is 3.97. The zero-order chi connectivity index (χ0) is 18.7. The lowest BCUT2D eigenvalue weighted by molar-refractivity contribution is -0.134. The molecule has 7 heteroatoms. The van der Waals surface area contributed by atoms with Gasteiger partial charge in [-0.2, -0.15) is 0 Å². The average Bonchev–Trinajstić information content (AvgIpc) is 3.24. The first kappa shape index (κ1) is 19.6. The van der Waals surface area contributed by atoms with Crippen LogP contribution in [0.4, 0.5) is 0 Å². The lowest BCUT2D eigenvalue weighted by atomic mass is 10.1. The molecule has 1 N–H and O–H groups in total. The number of nitrogens with zero attached hydrogens (tertiary/aromatic N) is 1. The number of sulfone groups is 1. The van der Waals surface area contributed by atoms with Gasteiger partial charge in [0.25, 0.3) is 0 Å². The highest BCUT2D eigenvalue weighted by Crippen LogP contribution is 2.29. The van der Waals surface area contributed by atoms with E-state index >= 15 is 0 Å². The molecule has 1 amide bonds. The van der Waals surface area contributed by atoms with Crippen molar-refractivity contribution in [3.05, 3.63) is 34.9 Å². The Morgan fingerprint density at radius 2 is 1.85 bits per heavy atom. The summed E-state index contributed by atoms with van der Waals surface area (Å²) >= 11 is 5.92. The van der Waals surface area contributed by atoms with Gasteiger partial charge in [-0.15, -0.1) is 0 Å². The Kier molecular flexibility index (Phi) is 6.25. The summed E-state index contributed by atoms with van der Waals surface area (Å²) in [6.07, 6.45) is 4.76. The SMILES string of the molecule is C[C@H](NCC(=O)N(C1CCCC1)[C@@H]1CCS(=O)(=O)C1)c1ccc(Cl)cc1. The van der Waals surface area contributed by atoms with Crippen LogP contribution in [0, 0.1) is 0 Å². The van der Waals surface area contributed by atoms with Crippen LogP contribution in [0.1, 0.15) is 50.6 Å². The van der Waals surface area contributed by atoms with Crippen molar-refractivity contribution in [1.29, 1.82) is 0 Å². The van der Waals surface area contributed by atoms with Crippen LogP contribution in [0.5, 0.6) is 0 Å². The van der Waals surface area contributed by atoms with Crippen LogP contribution >= 0.6 is 11.6 Å². The Hall–Kier alpha value is -1.11. The Bertz CT molecular complexity index is 730. The fourth-order valence-electron chi connectivity index (χ4n) is 4.08. The zero-order valence-corrected chi connectivity index (χ0v) is 16.7. The molecule has 1 saturated carbocycles. The third-order valence-electron chi connectivity index (χ3n) is 5.54. The second kappa shape index (κ2) is 8.28. The standard InChI is InChI=1S/C19H27ClN2O3S/c1-14(15-6-8-16(20)9-7-15)21-12-19(23)22(17-4-2-3-5-17)18-10-11-26(24,25)13-18/h6-9,14,17-18,21H,2-5,10-13H2,1H3/t14-,18+/m0/s1. The smallest absolute Gasteiger partial charge is 0.237 e. The third kappa shape index (κ3) is 4.78. The van der Waals surface area contributed by atoms with Gasteiger partial charge in [0, 0.05) is 23.1 Å². The topological polar surface area (TPSA) is 66.5 Å². The Balaban J connectivity index is 1.64. The van der Waals surface area contributed by atoms with Crippen molar-refractivity contribution in [1.82, 2.24) is 10.2 Å². The first-order valence-electron chi connectivity index (χ1n) is 9.36. The minimum Gasteiger partial charge on any atom is -0.335 e. The highest BCUT2D eigenvalue weighted by molar-refractivity contribution is 7.91. The molecule has 1 aliphatic carbocycles. The molecule has 0 spiro atoms. The maximum atomic E-state index is 13.0. The molecule has 0 radical (unpaired) electrons. The number of amides is 1. The molecule has 26 heavy (non-hydrogen) atoms. The molecule has 1 aromatic rings. The predicted octanol–water partition coefficient (Wildman–Crippen LogP) is 2.95. The molecule has 1 aromatic carbocycles. The van der Waals surface area contributed by atoms with Gasteiger partial charge >= 0.3 is 0 Å². The van der Waals surface area contributed by atoms with E-state index in [-0.39, 0.29) is 42.1 Å². The number of rotatable bonds is 6. The molecule has 5 nitrogen and oxygen atoms in total. The Labute approximate surface area is 161 Å². The number of carbonyl (C=O) groups excluding carboxylic acids is 1. The lowest BCUT2D eigenvalue weighted by Crippen LogP contribution is -2.50. The quantitative estimate of drug-likeness (QED) is 0.800. The van der Waals surface area contributed by atoms with Gasteiger partial charge in [0.1, 0.15) is 0 Å². The highest BCUT2D eigenvalue weighted by Gasteiger charge is 2.38. The van der Waals surface area contributed by atoms with Crippen LogP contribution in [-0.4, -0.2) is 49.4 Å². The molecule has 3 rings (SSSR count). The molecule has 1 heterocycles. The van der Waals surface area contributed by atoms with Gasteiger partial charge in [-0.1, -0.05) is 36.6 Å². The van der Waals surface area contributed by atoms with Crippen molar-refractivity contribution in [2.45, 2.75) is 57.2 Å². The summed E-state index contributed by atoms with van der Waals surface area (Å²) in [7, 11) is -3.01. The van der Waals surface area contributed by atoms with E-state index in [0.29, 0.717) is 11.4 Å². The molecule has 2 atom stereocenters. The largest absolute Gasteiger partial charge is 0.335 e. The van der Waals surface area contributed by atoms with Gasteiger partial charge in [-0.25, -0.2) is 8.42 Å². The summed E-state index contributed by atoms with van der Waals surface area (Å²) in [6.45, 7) is 2.23. The van der Waals surface area contributed by atoms with E-state index in [0.717, 1.165) is 31.2 Å². The maximum absolute atomic E-state index is 13.0. The Morgan fingerprint density at radius 3 is 2.42 bits per heavy atom. The van der Waals surface area contributed by atoms with Gasteiger partial charge in [-0.3, -0.25) is 4.79 Å². The number of nitrogens with one attached hydrogen (secondary N) is 1. The van der Waals surface area contributed by atoms with Crippen molar-refractivity contribution < 1.29 is 13.2 Å². The molecule has 0 unspecified atom stereocenters. The average molecular weight is 399 g/mol. The fourth-order valence-corrected chi connectivity index (χ4v) is 5.92. The van der Waals surface area contributed by atoms with E-state index in [2.05, 4.69) is 5.32 Å². The number of hydrogen-bond acceptors (Lipinski definition) is 4. The molecule has 0 bridgehead atoms. The van der Waals surface area contributed by atoms with Gasteiger partial charge in [-0.05, 0) is 43.9 Å². The zero-order valence-electron chi connectivity index (χ0n) is 15.2. The summed E-state index contributed by atoms with van der Waals surface area (Å²) in [4.78, 5) is 14.9.